The predicted octanol–water partition coefficient (Wildman–Crippen LogP) is 6.32. The molecule has 3 aromatic rings. The minimum Gasteiger partial charge on any atom is -0.492 e. The van der Waals surface area contributed by atoms with Gasteiger partial charge in [0.25, 0.3) is 0 Å². The Labute approximate surface area is 187 Å². The number of fused-ring (bicyclic) bond motifs is 5. The minimum absolute atomic E-state index is 0.0214. The van der Waals surface area contributed by atoms with Crippen molar-refractivity contribution in [1.82, 2.24) is 9.47 Å². The summed E-state index contributed by atoms with van der Waals surface area (Å²) in [4.78, 5) is 17.2. The molecular formula is C25H29N3O2S. The lowest BCUT2D eigenvalue weighted by atomic mass is 9.95. The number of hydrogen-bond donors (Lipinski definition) is 1. The van der Waals surface area contributed by atoms with Gasteiger partial charge >= 0.3 is 6.03 Å². The van der Waals surface area contributed by atoms with Gasteiger partial charge in [0, 0.05) is 22.3 Å². The molecule has 2 aromatic heterocycles. The zero-order chi connectivity index (χ0) is 21.4. The fourth-order valence-electron chi connectivity index (χ4n) is 4.95. The number of rotatable bonds is 4. The number of para-hydroxylation sites is 2. The van der Waals surface area contributed by atoms with Gasteiger partial charge in [-0.3, -0.25) is 0 Å². The first-order chi connectivity index (χ1) is 15.2. The molecule has 1 aliphatic heterocycles. The molecule has 0 saturated heterocycles. The van der Waals surface area contributed by atoms with Gasteiger partial charge in [0.1, 0.15) is 10.8 Å². The van der Waals surface area contributed by atoms with Crippen LogP contribution < -0.4 is 10.1 Å². The summed E-state index contributed by atoms with van der Waals surface area (Å²) < 4.78 is 8.06. The van der Waals surface area contributed by atoms with Crippen LogP contribution in [0.15, 0.2) is 42.6 Å². The number of nitrogens with one attached hydrogen (secondary N) is 1. The molecule has 0 unspecified atom stereocenters. The molecule has 0 bridgehead atoms. The Bertz CT molecular complexity index is 1100. The zero-order valence-electron chi connectivity index (χ0n) is 18.2. The lowest BCUT2D eigenvalue weighted by molar-refractivity contribution is 0.181. The average molecular weight is 436 g/mol. The predicted molar refractivity (Wildman–Crippen MR) is 125 cm³/mol. The number of anilines is 1. The molecule has 1 atom stereocenters. The molecule has 3 heterocycles. The van der Waals surface area contributed by atoms with Crippen molar-refractivity contribution in [2.45, 2.75) is 58.5 Å². The van der Waals surface area contributed by atoms with Crippen molar-refractivity contribution in [2.75, 3.05) is 11.9 Å². The number of urea groups is 1. The van der Waals surface area contributed by atoms with Crippen molar-refractivity contribution < 1.29 is 9.53 Å². The molecule has 0 spiro atoms. The maximum absolute atomic E-state index is 13.6. The maximum atomic E-state index is 13.6. The van der Waals surface area contributed by atoms with Crippen molar-refractivity contribution in [3.8, 4) is 10.8 Å². The van der Waals surface area contributed by atoms with Crippen molar-refractivity contribution in [1.29, 1.82) is 0 Å². The third-order valence-electron chi connectivity index (χ3n) is 6.38. The first-order valence-corrected chi connectivity index (χ1v) is 12.1. The molecule has 5 rings (SSSR count). The topological polar surface area (TPSA) is 46.5 Å². The molecule has 31 heavy (non-hydrogen) atoms. The Kier molecular flexibility index (Phi) is 5.48. The number of aromatic nitrogens is 1. The fraction of sp³-hybridized carbons (Fsp3) is 0.400. The van der Waals surface area contributed by atoms with Gasteiger partial charge in [0.15, 0.2) is 0 Å². The van der Waals surface area contributed by atoms with Crippen LogP contribution in [0.1, 0.15) is 60.8 Å². The van der Waals surface area contributed by atoms with Crippen LogP contribution in [0.5, 0.6) is 5.75 Å². The van der Waals surface area contributed by atoms with Gasteiger partial charge in [0.2, 0.25) is 0 Å². The van der Waals surface area contributed by atoms with E-state index in [1.807, 2.05) is 47.4 Å². The Balaban J connectivity index is 1.54. The summed E-state index contributed by atoms with van der Waals surface area (Å²) in [7, 11) is 0. The molecule has 1 aromatic carbocycles. The summed E-state index contributed by atoms with van der Waals surface area (Å²) in [5, 5.41) is 4.44. The van der Waals surface area contributed by atoms with E-state index in [9.17, 15) is 4.79 Å². The third-order valence-corrected chi connectivity index (χ3v) is 7.71. The van der Waals surface area contributed by atoms with Crippen LogP contribution in [0.3, 0.4) is 0 Å². The normalized spacial score (nSPS) is 17.4. The highest BCUT2D eigenvalue weighted by Gasteiger charge is 2.34. The second kappa shape index (κ2) is 8.42. The SMILES string of the molecule is CCOc1ccccc1NC(=O)N1Cc2c(sc3c2CCCC3)-n2cccc2[C@@H]1CC. The molecule has 162 valence electrons. The van der Waals surface area contributed by atoms with E-state index in [-0.39, 0.29) is 12.1 Å². The summed E-state index contributed by atoms with van der Waals surface area (Å²) in [5.74, 6) is 0.707. The molecule has 1 aliphatic carbocycles. The van der Waals surface area contributed by atoms with Crippen molar-refractivity contribution >= 4 is 23.1 Å². The van der Waals surface area contributed by atoms with Gasteiger partial charge in [0.05, 0.1) is 24.9 Å². The lowest BCUT2D eigenvalue weighted by Gasteiger charge is -2.30. The minimum atomic E-state index is -0.0737. The highest BCUT2D eigenvalue weighted by atomic mass is 32.1. The highest BCUT2D eigenvalue weighted by Crippen LogP contribution is 2.43. The van der Waals surface area contributed by atoms with Crippen LogP contribution in [-0.2, 0) is 19.4 Å². The van der Waals surface area contributed by atoms with Crippen LogP contribution in [0, 0.1) is 0 Å². The van der Waals surface area contributed by atoms with E-state index < -0.39 is 0 Å². The van der Waals surface area contributed by atoms with Crippen molar-refractivity contribution in [3.63, 3.8) is 0 Å². The highest BCUT2D eigenvalue weighted by molar-refractivity contribution is 7.15. The van der Waals surface area contributed by atoms with Gasteiger partial charge in [-0.2, -0.15) is 0 Å². The van der Waals surface area contributed by atoms with Crippen LogP contribution in [0.4, 0.5) is 10.5 Å². The van der Waals surface area contributed by atoms with Crippen molar-refractivity contribution in [2.24, 2.45) is 0 Å². The van der Waals surface area contributed by atoms with Crippen molar-refractivity contribution in [3.05, 3.63) is 64.3 Å². The van der Waals surface area contributed by atoms with Gasteiger partial charge in [-0.25, -0.2) is 4.79 Å². The molecule has 2 aliphatic rings. The molecule has 5 nitrogen and oxygen atoms in total. The zero-order valence-corrected chi connectivity index (χ0v) is 19.0. The number of thiophene rings is 1. The summed E-state index contributed by atoms with van der Waals surface area (Å²) in [6, 6.07) is 11.9. The number of carbonyl (C=O) groups is 1. The second-order valence-electron chi connectivity index (χ2n) is 8.21. The van der Waals surface area contributed by atoms with Crippen LogP contribution >= 0.6 is 11.3 Å². The van der Waals surface area contributed by atoms with E-state index in [2.05, 4.69) is 35.1 Å². The van der Waals surface area contributed by atoms with Gasteiger partial charge < -0.3 is 19.5 Å². The number of aryl methyl sites for hydroxylation is 1. The van der Waals surface area contributed by atoms with Crippen LogP contribution in [-0.4, -0.2) is 22.1 Å². The number of ether oxygens (including phenoxy) is 1. The van der Waals surface area contributed by atoms with E-state index in [1.165, 1.54) is 39.5 Å². The fourth-order valence-corrected chi connectivity index (χ4v) is 6.35. The van der Waals surface area contributed by atoms with Gasteiger partial charge in [-0.1, -0.05) is 19.1 Å². The molecule has 1 N–H and O–H groups in total. The lowest BCUT2D eigenvalue weighted by Crippen LogP contribution is -2.37. The largest absolute Gasteiger partial charge is 0.492 e. The molecule has 6 heteroatoms. The summed E-state index contributed by atoms with van der Waals surface area (Å²) in [5.41, 5.74) is 4.72. The van der Waals surface area contributed by atoms with E-state index in [0.717, 1.165) is 24.9 Å². The molecule has 0 fully saturated rings. The van der Waals surface area contributed by atoms with E-state index >= 15 is 0 Å². The molecule has 2 amide bonds. The van der Waals surface area contributed by atoms with Gasteiger partial charge in [-0.15, -0.1) is 11.3 Å². The quantitative estimate of drug-likeness (QED) is 0.522. The Hall–Kier alpha value is -2.73. The number of amides is 2. The summed E-state index contributed by atoms with van der Waals surface area (Å²) in [6.07, 6.45) is 7.80. The first-order valence-electron chi connectivity index (χ1n) is 11.3. The first kappa shape index (κ1) is 20.2. The van der Waals surface area contributed by atoms with Crippen LogP contribution in [0.2, 0.25) is 0 Å². The van der Waals surface area contributed by atoms with Gasteiger partial charge in [-0.05, 0) is 68.9 Å². The monoisotopic (exact) mass is 435 g/mol. The summed E-state index contributed by atoms with van der Waals surface area (Å²) >= 11 is 1.92. The number of nitrogens with zero attached hydrogens (tertiary/aromatic N) is 2. The number of hydrogen-bond acceptors (Lipinski definition) is 3. The van der Waals surface area contributed by atoms with E-state index in [0.29, 0.717) is 18.9 Å². The summed E-state index contributed by atoms with van der Waals surface area (Å²) in [6.45, 7) is 5.32. The number of carbonyl (C=O) groups excluding carboxylic acids is 1. The molecule has 0 radical (unpaired) electrons. The smallest absolute Gasteiger partial charge is 0.322 e. The maximum Gasteiger partial charge on any atom is 0.322 e. The third kappa shape index (κ3) is 3.53. The Morgan fingerprint density at radius 1 is 1.13 bits per heavy atom. The Morgan fingerprint density at radius 3 is 2.81 bits per heavy atom. The van der Waals surface area contributed by atoms with Crippen LogP contribution in [0.25, 0.3) is 5.00 Å². The van der Waals surface area contributed by atoms with E-state index in [4.69, 9.17) is 4.74 Å². The Morgan fingerprint density at radius 2 is 1.97 bits per heavy atom. The second-order valence-corrected chi connectivity index (χ2v) is 9.29. The molecule has 0 saturated carbocycles. The average Bonchev–Trinajstić information content (AvgIpc) is 3.37. The van der Waals surface area contributed by atoms with E-state index in [1.54, 1.807) is 0 Å². The molecular weight excluding hydrogens is 406 g/mol. The number of benzene rings is 1. The standard InChI is InChI=1S/C25H29N3O2S/c1-3-20-21-12-9-15-27(21)24-18(17-10-5-8-14-23(17)31-24)16-28(20)25(29)26-19-11-6-7-13-22(19)30-4-2/h6-7,9,11-13,15,20H,3-5,8,10,14,16H2,1-2H3,(H,26,29)/t20-/m0/s1.